The molecule has 2 aromatic rings. The highest BCUT2D eigenvalue weighted by Crippen LogP contribution is 2.24. The standard InChI is InChI=1S/C20H17NO5/c22-18(23)10-5-11-21-19(24)17(26-20(21)25)13-14-6-4-9-16(12-14)15-7-2-1-3-8-15/h1-4,6-9,12-13H,5,10-11H2,(H,22,23). The summed E-state index contributed by atoms with van der Waals surface area (Å²) in [6.07, 6.45) is 0.817. The third-order valence-corrected chi connectivity index (χ3v) is 3.94. The number of nitrogens with zero attached hydrogens (tertiary/aromatic N) is 1. The van der Waals surface area contributed by atoms with Gasteiger partial charge in [0, 0.05) is 13.0 Å². The molecule has 1 aliphatic heterocycles. The monoisotopic (exact) mass is 351 g/mol. The molecule has 26 heavy (non-hydrogen) atoms. The Kier molecular flexibility index (Phi) is 5.12. The highest BCUT2D eigenvalue weighted by molar-refractivity contribution is 6.09. The Hall–Kier alpha value is -3.41. The maximum absolute atomic E-state index is 12.3. The first-order valence-electron chi connectivity index (χ1n) is 8.17. The van der Waals surface area contributed by atoms with Gasteiger partial charge in [-0.15, -0.1) is 0 Å². The predicted molar refractivity (Wildman–Crippen MR) is 94.9 cm³/mol. The van der Waals surface area contributed by atoms with Gasteiger partial charge < -0.3 is 9.84 Å². The summed E-state index contributed by atoms with van der Waals surface area (Å²) in [4.78, 5) is 35.6. The van der Waals surface area contributed by atoms with E-state index in [1.807, 2.05) is 54.6 Å². The maximum Gasteiger partial charge on any atom is 0.422 e. The lowest BCUT2D eigenvalue weighted by Crippen LogP contribution is -2.30. The number of carbonyl (C=O) groups is 3. The minimum Gasteiger partial charge on any atom is -0.481 e. The van der Waals surface area contributed by atoms with Crippen molar-refractivity contribution in [2.75, 3.05) is 6.54 Å². The van der Waals surface area contributed by atoms with Crippen molar-refractivity contribution in [3.05, 3.63) is 65.9 Å². The Bertz CT molecular complexity index is 873. The van der Waals surface area contributed by atoms with Gasteiger partial charge in [-0.2, -0.15) is 0 Å². The number of cyclic esters (lactones) is 1. The van der Waals surface area contributed by atoms with Crippen LogP contribution in [-0.4, -0.2) is 34.5 Å². The molecule has 6 nitrogen and oxygen atoms in total. The number of hydrogen-bond donors (Lipinski definition) is 1. The molecule has 2 aromatic carbocycles. The molecule has 0 radical (unpaired) electrons. The molecule has 0 aromatic heterocycles. The number of carbonyl (C=O) groups excluding carboxylic acids is 2. The number of rotatable bonds is 6. The van der Waals surface area contributed by atoms with Crippen molar-refractivity contribution in [1.82, 2.24) is 4.90 Å². The molecule has 2 amide bonds. The summed E-state index contributed by atoms with van der Waals surface area (Å²) in [7, 11) is 0. The van der Waals surface area contributed by atoms with Gasteiger partial charge in [0.1, 0.15) is 0 Å². The topological polar surface area (TPSA) is 83.9 Å². The molecule has 0 unspecified atom stereocenters. The maximum atomic E-state index is 12.3. The van der Waals surface area contributed by atoms with E-state index < -0.39 is 18.0 Å². The van der Waals surface area contributed by atoms with E-state index in [4.69, 9.17) is 9.84 Å². The largest absolute Gasteiger partial charge is 0.481 e. The first kappa shape index (κ1) is 17.4. The van der Waals surface area contributed by atoms with Gasteiger partial charge in [0.25, 0.3) is 5.91 Å². The summed E-state index contributed by atoms with van der Waals surface area (Å²) >= 11 is 0. The number of carboxylic acid groups (broad SMARTS) is 1. The molecular formula is C20H17NO5. The third-order valence-electron chi connectivity index (χ3n) is 3.94. The second-order valence-corrected chi connectivity index (χ2v) is 5.82. The summed E-state index contributed by atoms with van der Waals surface area (Å²) in [6.45, 7) is 0.0192. The Morgan fingerprint density at radius 2 is 1.77 bits per heavy atom. The molecule has 3 rings (SSSR count). The van der Waals surface area contributed by atoms with E-state index in [9.17, 15) is 14.4 Å². The van der Waals surface area contributed by atoms with Crippen LogP contribution in [0.4, 0.5) is 4.79 Å². The van der Waals surface area contributed by atoms with E-state index in [2.05, 4.69) is 0 Å². The van der Waals surface area contributed by atoms with Crippen molar-refractivity contribution in [2.45, 2.75) is 12.8 Å². The fraction of sp³-hybridized carbons (Fsp3) is 0.150. The molecule has 1 heterocycles. The quantitative estimate of drug-likeness (QED) is 0.805. The zero-order valence-corrected chi connectivity index (χ0v) is 13.9. The lowest BCUT2D eigenvalue weighted by atomic mass is 10.0. The number of ether oxygens (including phenoxy) is 1. The second kappa shape index (κ2) is 7.65. The van der Waals surface area contributed by atoms with Gasteiger partial charge in [0.2, 0.25) is 0 Å². The average Bonchev–Trinajstić information content (AvgIpc) is 2.90. The van der Waals surface area contributed by atoms with Crippen LogP contribution in [0, 0.1) is 0 Å². The van der Waals surface area contributed by atoms with Crippen molar-refractivity contribution in [3.63, 3.8) is 0 Å². The van der Waals surface area contributed by atoms with Gasteiger partial charge in [-0.1, -0.05) is 48.5 Å². The summed E-state index contributed by atoms with van der Waals surface area (Å²) in [5, 5.41) is 8.65. The third kappa shape index (κ3) is 3.97. The minimum absolute atomic E-state index is 0.0192. The van der Waals surface area contributed by atoms with E-state index >= 15 is 0 Å². The number of hydrogen-bond acceptors (Lipinski definition) is 4. The molecule has 132 valence electrons. The van der Waals surface area contributed by atoms with Crippen molar-refractivity contribution in [1.29, 1.82) is 0 Å². The van der Waals surface area contributed by atoms with Crippen LogP contribution in [0.2, 0.25) is 0 Å². The zero-order chi connectivity index (χ0) is 18.5. The Labute approximate surface area is 150 Å². The van der Waals surface area contributed by atoms with E-state index in [0.29, 0.717) is 0 Å². The minimum atomic E-state index is -0.974. The van der Waals surface area contributed by atoms with Crippen LogP contribution in [0.1, 0.15) is 18.4 Å². The van der Waals surface area contributed by atoms with Crippen LogP contribution in [0.25, 0.3) is 17.2 Å². The van der Waals surface area contributed by atoms with Crippen molar-refractivity contribution in [3.8, 4) is 11.1 Å². The fourth-order valence-electron chi connectivity index (χ4n) is 2.67. The number of carboxylic acids is 1. The average molecular weight is 351 g/mol. The number of amides is 2. The van der Waals surface area contributed by atoms with Crippen LogP contribution >= 0.6 is 0 Å². The first-order chi connectivity index (χ1) is 12.5. The molecule has 6 heteroatoms. The number of benzene rings is 2. The summed E-state index contributed by atoms with van der Waals surface area (Å²) in [5.74, 6) is -1.58. The lowest BCUT2D eigenvalue weighted by molar-refractivity contribution is -0.137. The molecule has 1 fully saturated rings. The molecular weight excluding hydrogens is 334 g/mol. The molecule has 0 bridgehead atoms. The van der Waals surface area contributed by atoms with Gasteiger partial charge in [0.05, 0.1) is 0 Å². The Balaban J connectivity index is 1.77. The highest BCUT2D eigenvalue weighted by Gasteiger charge is 2.36. The SMILES string of the molecule is O=C(O)CCCN1C(=O)OC(=Cc2cccc(-c3ccccc3)c2)C1=O. The molecule has 0 aliphatic carbocycles. The van der Waals surface area contributed by atoms with Crippen LogP contribution in [0.5, 0.6) is 0 Å². The zero-order valence-electron chi connectivity index (χ0n) is 13.9. The first-order valence-corrected chi connectivity index (χ1v) is 8.17. The van der Waals surface area contributed by atoms with E-state index in [1.165, 1.54) is 6.08 Å². The van der Waals surface area contributed by atoms with Gasteiger partial charge in [0.15, 0.2) is 5.76 Å². The Morgan fingerprint density at radius 3 is 2.50 bits per heavy atom. The van der Waals surface area contributed by atoms with E-state index in [-0.39, 0.29) is 25.1 Å². The normalized spacial score (nSPS) is 15.4. The molecule has 1 aliphatic rings. The van der Waals surface area contributed by atoms with Crippen molar-refractivity contribution in [2.24, 2.45) is 0 Å². The van der Waals surface area contributed by atoms with Crippen LogP contribution in [0.15, 0.2) is 60.4 Å². The highest BCUT2D eigenvalue weighted by atomic mass is 16.6. The molecule has 1 saturated heterocycles. The van der Waals surface area contributed by atoms with E-state index in [1.54, 1.807) is 0 Å². The smallest absolute Gasteiger partial charge is 0.422 e. The summed E-state index contributed by atoms with van der Waals surface area (Å²) in [5.41, 5.74) is 2.75. The van der Waals surface area contributed by atoms with Crippen LogP contribution in [0.3, 0.4) is 0 Å². The van der Waals surface area contributed by atoms with Crippen molar-refractivity contribution < 1.29 is 24.2 Å². The molecule has 0 atom stereocenters. The fourth-order valence-corrected chi connectivity index (χ4v) is 2.67. The van der Waals surface area contributed by atoms with E-state index in [0.717, 1.165) is 21.6 Å². The molecule has 1 N–H and O–H groups in total. The molecule has 0 saturated carbocycles. The number of aliphatic carboxylic acids is 1. The lowest BCUT2D eigenvalue weighted by Gasteiger charge is -2.08. The second-order valence-electron chi connectivity index (χ2n) is 5.82. The van der Waals surface area contributed by atoms with Gasteiger partial charge in [-0.3, -0.25) is 9.59 Å². The van der Waals surface area contributed by atoms with Gasteiger partial charge in [-0.25, -0.2) is 9.69 Å². The van der Waals surface area contributed by atoms with Crippen LogP contribution in [-0.2, 0) is 14.3 Å². The predicted octanol–water partition coefficient (Wildman–Crippen LogP) is 3.54. The summed E-state index contributed by atoms with van der Waals surface area (Å²) < 4.78 is 5.04. The van der Waals surface area contributed by atoms with Gasteiger partial charge in [-0.05, 0) is 35.3 Å². The molecule has 0 spiro atoms. The summed E-state index contributed by atoms with van der Waals surface area (Å²) in [6, 6.07) is 17.3. The van der Waals surface area contributed by atoms with Crippen molar-refractivity contribution >= 4 is 24.0 Å². The van der Waals surface area contributed by atoms with Crippen LogP contribution < -0.4 is 0 Å². The van der Waals surface area contributed by atoms with Gasteiger partial charge >= 0.3 is 12.1 Å². The number of imide groups is 1. The Morgan fingerprint density at radius 1 is 1.04 bits per heavy atom.